The maximum Gasteiger partial charge on any atom is 0.453 e. The van der Waals surface area contributed by atoms with Gasteiger partial charge in [-0.05, 0) is 36.4 Å². The second-order valence-electron chi connectivity index (χ2n) is 11.2. The van der Waals surface area contributed by atoms with E-state index in [1.165, 1.54) is 0 Å². The molecule has 0 N–H and O–H groups in total. The van der Waals surface area contributed by atoms with Crippen molar-refractivity contribution in [3.05, 3.63) is 146 Å². The third-order valence-corrected chi connectivity index (χ3v) is 10.1. The molecule has 0 aliphatic heterocycles. The molecule has 8 rings (SSSR count). The number of fused-ring (bicyclic) bond motifs is 6. The van der Waals surface area contributed by atoms with Gasteiger partial charge in [-0.3, -0.25) is 4.52 Å². The van der Waals surface area contributed by atoms with Crippen molar-refractivity contribution in [1.29, 1.82) is 0 Å². The van der Waals surface area contributed by atoms with E-state index in [0.29, 0.717) is 49.1 Å². The normalized spacial score (nSPS) is 11.3. The minimum atomic E-state index is -1.80. The molecule has 6 aromatic carbocycles. The fourth-order valence-electron chi connectivity index (χ4n) is 5.67. The number of hydrogen-bond acceptors (Lipinski definition) is 8. The molecule has 0 saturated carbocycles. The predicted molar refractivity (Wildman–Crippen MR) is 198 cm³/mol. The zero-order valence-corrected chi connectivity index (χ0v) is 28.6. The minimum Gasteiger partial charge on any atom is -0.491 e. The Hall–Kier alpha value is -5.36. The van der Waals surface area contributed by atoms with Crippen LogP contribution < -0.4 is 13.8 Å². The van der Waals surface area contributed by atoms with Crippen LogP contribution in [0.3, 0.4) is 0 Å². The highest BCUT2D eigenvalue weighted by molar-refractivity contribution is 7.32. The molecule has 8 aromatic rings. The van der Waals surface area contributed by atoms with E-state index in [-0.39, 0.29) is 0 Å². The van der Waals surface area contributed by atoms with Gasteiger partial charge in [-0.15, -0.1) is 0 Å². The van der Waals surface area contributed by atoms with Gasteiger partial charge in [0.05, 0.1) is 19.8 Å². The lowest BCUT2D eigenvalue weighted by Crippen LogP contribution is -2.11. The van der Waals surface area contributed by atoms with Gasteiger partial charge in [0.25, 0.3) is 0 Å². The van der Waals surface area contributed by atoms with Crippen molar-refractivity contribution in [2.45, 2.75) is 0 Å². The zero-order chi connectivity index (χ0) is 33.5. The van der Waals surface area contributed by atoms with E-state index >= 15 is 0 Å². The van der Waals surface area contributed by atoms with Crippen molar-refractivity contribution in [3.63, 3.8) is 0 Å². The molecular formula is C40H32O8P2. The molecular weight excluding hydrogens is 670 g/mol. The lowest BCUT2D eigenvalue weighted by molar-refractivity contribution is 0.0843. The number of benzene rings is 6. The largest absolute Gasteiger partial charge is 0.491 e. The number of para-hydroxylation sites is 6. The Morgan fingerprint density at radius 2 is 0.780 bits per heavy atom. The number of hydrogen-bond donors (Lipinski definition) is 0. The van der Waals surface area contributed by atoms with Crippen LogP contribution in [0.1, 0.15) is 0 Å². The first-order valence-corrected chi connectivity index (χ1v) is 18.4. The molecule has 0 aliphatic rings. The highest BCUT2D eigenvalue weighted by atomic mass is 31.1. The van der Waals surface area contributed by atoms with Crippen LogP contribution in [0, 0.1) is 0 Å². The average molecular weight is 703 g/mol. The van der Waals surface area contributed by atoms with Crippen LogP contribution in [0.2, 0.25) is 0 Å². The third-order valence-electron chi connectivity index (χ3n) is 7.97. The lowest BCUT2D eigenvalue weighted by atomic mass is 10.0. The van der Waals surface area contributed by atoms with Crippen LogP contribution in [-0.2, 0) is 4.74 Å². The van der Waals surface area contributed by atoms with Gasteiger partial charge in [0.15, 0.2) is 0 Å². The summed E-state index contributed by atoms with van der Waals surface area (Å²) in [5.41, 5.74) is 4.61. The van der Waals surface area contributed by atoms with Crippen LogP contribution in [0.5, 0.6) is 11.5 Å². The van der Waals surface area contributed by atoms with Crippen molar-refractivity contribution in [1.82, 2.24) is 0 Å². The SMILES string of the molecule is c1ccc(-c2ccccc2Op2oc3ccccc3c3ccccc3o2)c(OCCOCCOp2oc3ccccc3c3ccccc3o2)c1. The monoisotopic (exact) mass is 702 g/mol. The molecule has 0 atom stereocenters. The zero-order valence-electron chi connectivity index (χ0n) is 26.8. The second kappa shape index (κ2) is 15.0. The van der Waals surface area contributed by atoms with Gasteiger partial charge in [0.2, 0.25) is 0 Å². The predicted octanol–water partition coefficient (Wildman–Crippen LogP) is 11.9. The summed E-state index contributed by atoms with van der Waals surface area (Å²) in [7, 11) is -3.44. The van der Waals surface area contributed by atoms with Crippen LogP contribution >= 0.6 is 16.5 Å². The van der Waals surface area contributed by atoms with E-state index < -0.39 is 16.5 Å². The van der Waals surface area contributed by atoms with Crippen molar-refractivity contribution < 1.29 is 35.3 Å². The number of ether oxygens (including phenoxy) is 2. The van der Waals surface area contributed by atoms with Crippen molar-refractivity contribution in [3.8, 4) is 22.6 Å². The molecule has 0 radical (unpaired) electrons. The van der Waals surface area contributed by atoms with Gasteiger partial charge < -0.3 is 30.8 Å². The fraction of sp³-hybridized carbons (Fsp3) is 0.100. The second-order valence-corrected chi connectivity index (χ2v) is 13.2. The standard InChI is InChI=1S/C40H32O8P2/c1-7-19-35(42-27-25-41-26-28-43-49-44-36-20-8-3-15-31(36)32-16-4-9-21-37(32)45-49)29(13-1)30-14-2-10-22-38(30)46-50-47-39-23-11-5-17-33(39)34-18-6-12-24-40(34)48-50/h1-24H,25-28H2. The molecule has 2 aromatic heterocycles. The smallest absolute Gasteiger partial charge is 0.453 e. The summed E-state index contributed by atoms with van der Waals surface area (Å²) < 4.78 is 49.3. The van der Waals surface area contributed by atoms with Gasteiger partial charge >= 0.3 is 16.5 Å². The molecule has 0 bridgehead atoms. The van der Waals surface area contributed by atoms with Crippen LogP contribution in [0.4, 0.5) is 0 Å². The van der Waals surface area contributed by atoms with Gasteiger partial charge in [-0.2, -0.15) is 0 Å². The molecule has 50 heavy (non-hydrogen) atoms. The molecule has 8 nitrogen and oxygen atoms in total. The van der Waals surface area contributed by atoms with Crippen molar-refractivity contribution >= 4 is 60.4 Å². The molecule has 0 spiro atoms. The van der Waals surface area contributed by atoms with E-state index in [4.69, 9.17) is 35.3 Å². The van der Waals surface area contributed by atoms with E-state index in [1.54, 1.807) is 0 Å². The van der Waals surface area contributed by atoms with E-state index in [2.05, 4.69) is 0 Å². The molecule has 0 fully saturated rings. The Morgan fingerprint density at radius 3 is 1.32 bits per heavy atom. The Labute approximate surface area is 289 Å². The fourth-order valence-corrected chi connectivity index (χ4v) is 7.75. The summed E-state index contributed by atoms with van der Waals surface area (Å²) in [5, 5.41) is 3.87. The summed E-state index contributed by atoms with van der Waals surface area (Å²) in [4.78, 5) is 0. The van der Waals surface area contributed by atoms with E-state index in [1.807, 2.05) is 146 Å². The highest BCUT2D eigenvalue weighted by Crippen LogP contribution is 2.42. The first kappa shape index (κ1) is 31.9. The van der Waals surface area contributed by atoms with Crippen LogP contribution in [-0.4, -0.2) is 26.4 Å². The van der Waals surface area contributed by atoms with E-state index in [0.717, 1.165) is 43.8 Å². The summed E-state index contributed by atoms with van der Waals surface area (Å²) in [6, 6.07) is 47.1. The van der Waals surface area contributed by atoms with E-state index in [9.17, 15) is 0 Å². The minimum absolute atomic E-state index is 0.305. The maximum absolute atomic E-state index is 6.46. The summed E-state index contributed by atoms with van der Waals surface area (Å²) >= 11 is 0. The lowest BCUT2D eigenvalue weighted by Gasteiger charge is -2.14. The summed E-state index contributed by atoms with van der Waals surface area (Å²) in [6.07, 6.45) is 0. The molecule has 0 unspecified atom stereocenters. The molecule has 250 valence electrons. The van der Waals surface area contributed by atoms with Crippen LogP contribution in [0.25, 0.3) is 55.0 Å². The van der Waals surface area contributed by atoms with Gasteiger partial charge in [0.1, 0.15) is 40.4 Å². The Kier molecular flexibility index (Phi) is 9.59. The average Bonchev–Trinajstić information content (AvgIpc) is 3.42. The number of rotatable bonds is 11. The van der Waals surface area contributed by atoms with Gasteiger partial charge in [-0.1, -0.05) is 109 Å². The molecule has 2 heterocycles. The first-order valence-electron chi connectivity index (χ1n) is 16.2. The van der Waals surface area contributed by atoms with Crippen molar-refractivity contribution in [2.75, 3.05) is 26.4 Å². The Balaban J connectivity index is 0.934. The van der Waals surface area contributed by atoms with Crippen LogP contribution in [0.15, 0.2) is 162 Å². The third kappa shape index (κ3) is 7.02. The first-order chi connectivity index (χ1) is 24.8. The Bertz CT molecular complexity index is 2370. The van der Waals surface area contributed by atoms with Gasteiger partial charge in [0, 0.05) is 32.7 Å². The molecule has 0 amide bonds. The molecule has 10 heteroatoms. The summed E-state index contributed by atoms with van der Waals surface area (Å²) in [6.45, 7) is 1.37. The molecule has 0 saturated heterocycles. The quantitative estimate of drug-likeness (QED) is 0.123. The molecule has 0 aliphatic carbocycles. The maximum atomic E-state index is 6.46. The van der Waals surface area contributed by atoms with Crippen molar-refractivity contribution in [2.24, 2.45) is 0 Å². The summed E-state index contributed by atoms with van der Waals surface area (Å²) in [5.74, 6) is 1.32. The topological polar surface area (TPSA) is 89.5 Å². The van der Waals surface area contributed by atoms with Gasteiger partial charge in [-0.25, -0.2) is 0 Å². The highest BCUT2D eigenvalue weighted by Gasteiger charge is 2.15. The Morgan fingerprint density at radius 1 is 0.380 bits per heavy atom.